The van der Waals surface area contributed by atoms with Gasteiger partial charge in [0.05, 0.1) is 31.6 Å². The Bertz CT molecular complexity index is 1810. The predicted octanol–water partition coefficient (Wildman–Crippen LogP) is 17.0. The molecule has 0 radical (unpaired) electrons. The number of amides is 2. The highest BCUT2D eigenvalue weighted by Gasteiger charge is 2.24. The highest BCUT2D eigenvalue weighted by molar-refractivity contribution is 5.98. The van der Waals surface area contributed by atoms with Crippen molar-refractivity contribution in [2.75, 3.05) is 59.0 Å². The van der Waals surface area contributed by atoms with Crippen molar-refractivity contribution in [3.05, 3.63) is 0 Å². The molecular formula is C82H175N9O7. The van der Waals surface area contributed by atoms with Crippen LogP contribution in [0.2, 0.25) is 0 Å². The molecule has 0 heterocycles. The second-order valence-corrected chi connectivity index (χ2v) is 32.2. The van der Waals surface area contributed by atoms with Crippen molar-refractivity contribution in [1.29, 1.82) is 0 Å². The summed E-state index contributed by atoms with van der Waals surface area (Å²) in [4.78, 5) is 87.7. The van der Waals surface area contributed by atoms with Gasteiger partial charge in [0.1, 0.15) is 17.3 Å². The standard InChI is InChI=1S/C18H35NO2.C17H35N3O2.C15H32N2O.C15H31NO.C14H30N2O.3CH4/c1-14(2)9-7-11-19(12-8-10-15(3)4)18(21)13-17(20)16(5)6;1-12(2)16(21)11-19-17(22)15(20-14(5)6)9-7-8-10-18-13(3)4;1-11(2)15(18)14(17-13(5)6)9-7-8-10-16-12(3)4;1-11(2)7-8-14(10-16-13(5)6)9-15(17)12(3)4;1-11(2)7-8-16(10-15-13(5)6)9-14(17)12(3)4;;;/h14-16H,7-13H2,1-6H3;12-15,18,20H,7-11H2,1-6H3,(H,19,22);11-14,16-17H,7-10H2,1-6H3;11-14,16H,7-10H2,1-6H3;11-13,15H,7-10H2,1-6H3;3*1H4. The van der Waals surface area contributed by atoms with E-state index in [0.29, 0.717) is 77.8 Å². The summed E-state index contributed by atoms with van der Waals surface area (Å²) in [5.74, 6) is 4.73. The molecule has 0 aliphatic rings. The molecule has 0 spiro atoms. The molecule has 0 aromatic heterocycles. The zero-order chi connectivity index (χ0) is 74.5. The Hall–Kier alpha value is -2.99. The van der Waals surface area contributed by atoms with E-state index in [2.05, 4.69) is 167 Å². The van der Waals surface area contributed by atoms with E-state index in [1.807, 2.05) is 88.0 Å². The number of ketones is 5. The van der Waals surface area contributed by atoms with Crippen LogP contribution in [0, 0.1) is 59.2 Å². The van der Waals surface area contributed by atoms with Crippen molar-refractivity contribution in [3.63, 3.8) is 0 Å². The molecule has 590 valence electrons. The Balaban J connectivity index is -0.000000172. The number of hydrogen-bond acceptors (Lipinski definition) is 14. The summed E-state index contributed by atoms with van der Waals surface area (Å²) in [6.45, 7) is 69.5. The van der Waals surface area contributed by atoms with E-state index in [1.165, 1.54) is 6.42 Å². The lowest BCUT2D eigenvalue weighted by atomic mass is 9.90. The number of rotatable bonds is 51. The third-order valence-electron chi connectivity index (χ3n) is 15.9. The van der Waals surface area contributed by atoms with E-state index in [4.69, 9.17) is 0 Å². The van der Waals surface area contributed by atoms with Crippen molar-refractivity contribution in [2.45, 2.75) is 375 Å². The molecule has 0 saturated carbocycles. The summed E-state index contributed by atoms with van der Waals surface area (Å²) in [5, 5.41) is 23.1. The van der Waals surface area contributed by atoms with Crippen LogP contribution in [0.15, 0.2) is 0 Å². The monoisotopic (exact) mass is 1400 g/mol. The topological polar surface area (TPSA) is 210 Å². The van der Waals surface area contributed by atoms with Gasteiger partial charge in [0.25, 0.3) is 0 Å². The number of nitrogens with zero attached hydrogens (tertiary/aromatic N) is 2. The molecule has 0 aromatic rings. The first-order valence-corrected chi connectivity index (χ1v) is 38.3. The summed E-state index contributed by atoms with van der Waals surface area (Å²) in [7, 11) is 0. The van der Waals surface area contributed by atoms with Crippen molar-refractivity contribution < 1.29 is 33.6 Å². The van der Waals surface area contributed by atoms with Gasteiger partial charge in [-0.1, -0.05) is 235 Å². The van der Waals surface area contributed by atoms with E-state index in [1.54, 1.807) is 0 Å². The van der Waals surface area contributed by atoms with Crippen molar-refractivity contribution >= 4 is 40.7 Å². The molecule has 3 atom stereocenters. The van der Waals surface area contributed by atoms with Gasteiger partial charge in [-0.25, -0.2) is 0 Å². The first kappa shape index (κ1) is 111. The van der Waals surface area contributed by atoms with Crippen molar-refractivity contribution in [3.8, 4) is 0 Å². The smallest absolute Gasteiger partial charge is 0.237 e. The van der Waals surface area contributed by atoms with Crippen LogP contribution < -0.4 is 37.2 Å². The van der Waals surface area contributed by atoms with Gasteiger partial charge in [0.15, 0.2) is 11.6 Å². The Morgan fingerprint density at radius 2 is 0.745 bits per heavy atom. The minimum Gasteiger partial charge on any atom is -0.348 e. The Labute approximate surface area is 611 Å². The first-order chi connectivity index (χ1) is 44.0. The molecule has 0 saturated heterocycles. The molecule has 0 aliphatic heterocycles. The van der Waals surface area contributed by atoms with Crippen LogP contribution in [0.3, 0.4) is 0 Å². The number of unbranched alkanes of at least 4 members (excludes halogenated alkanes) is 2. The van der Waals surface area contributed by atoms with Crippen molar-refractivity contribution in [2.24, 2.45) is 59.2 Å². The molecule has 0 bridgehead atoms. The molecule has 0 fully saturated rings. The maximum absolute atomic E-state index is 12.3. The first-order valence-electron chi connectivity index (χ1n) is 38.3. The lowest BCUT2D eigenvalue weighted by Crippen LogP contribution is -2.48. The van der Waals surface area contributed by atoms with Gasteiger partial charge >= 0.3 is 0 Å². The fourth-order valence-electron chi connectivity index (χ4n) is 9.38. The summed E-state index contributed by atoms with van der Waals surface area (Å²) >= 11 is 0. The molecule has 16 heteroatoms. The maximum atomic E-state index is 12.3. The van der Waals surface area contributed by atoms with Gasteiger partial charge in [-0.05, 0) is 127 Å². The van der Waals surface area contributed by atoms with E-state index in [0.717, 1.165) is 135 Å². The highest BCUT2D eigenvalue weighted by atomic mass is 16.2. The third kappa shape index (κ3) is 75.7. The van der Waals surface area contributed by atoms with Crippen LogP contribution in [0.1, 0.15) is 326 Å². The van der Waals surface area contributed by atoms with Crippen LogP contribution >= 0.6 is 0 Å². The number of hydrogen-bond donors (Lipinski definition) is 7. The van der Waals surface area contributed by atoms with Crippen LogP contribution in [-0.2, 0) is 33.6 Å². The maximum Gasteiger partial charge on any atom is 0.237 e. The summed E-state index contributed by atoms with van der Waals surface area (Å²) < 4.78 is 0. The number of carbonyl (C=O) groups excluding carboxylic acids is 7. The SMILES string of the molecule is C.C.C.CC(C)CCC(CNC(C)C)CC(=O)C(C)C.CC(C)CCCN(CCCC(C)C)C(=O)CC(=O)C(C)C.CC(C)CCN(CNC(C)C)CC(=O)C(C)C.CC(C)NCCCCC(NC(C)C)C(=O)C(C)C.CC(C)NCCCCC(NC(C)C)C(=O)NCC(=O)C(C)C. The molecule has 3 unspecified atom stereocenters. The largest absolute Gasteiger partial charge is 0.348 e. The Kier molecular flexibility index (Phi) is 77.5. The molecule has 98 heavy (non-hydrogen) atoms. The molecule has 0 aromatic carbocycles. The summed E-state index contributed by atoms with van der Waals surface area (Å²) in [6, 6.07) is 2.43. The van der Waals surface area contributed by atoms with E-state index in [9.17, 15) is 33.6 Å². The lowest BCUT2D eigenvalue weighted by Gasteiger charge is -2.24. The minimum atomic E-state index is -0.223. The number of nitrogens with one attached hydrogen (secondary N) is 7. The normalized spacial score (nSPS) is 12.3. The third-order valence-corrected chi connectivity index (χ3v) is 15.9. The van der Waals surface area contributed by atoms with Gasteiger partial charge in [-0.15, -0.1) is 0 Å². The van der Waals surface area contributed by atoms with Gasteiger partial charge in [0.2, 0.25) is 11.8 Å². The van der Waals surface area contributed by atoms with E-state index < -0.39 is 0 Å². The van der Waals surface area contributed by atoms with Crippen LogP contribution in [0.4, 0.5) is 0 Å². The number of Topliss-reactive ketones (excluding diaryl/α,β-unsaturated/α-hetero) is 5. The summed E-state index contributed by atoms with van der Waals surface area (Å²) in [6.07, 6.45) is 14.7. The highest BCUT2D eigenvalue weighted by Crippen LogP contribution is 2.18. The molecule has 7 N–H and O–H groups in total. The van der Waals surface area contributed by atoms with Gasteiger partial charge in [-0.3, -0.25) is 38.5 Å². The van der Waals surface area contributed by atoms with Crippen LogP contribution in [-0.4, -0.2) is 158 Å². The van der Waals surface area contributed by atoms with Gasteiger partial charge in [0, 0.05) is 98.6 Å². The second kappa shape index (κ2) is 68.4. The average molecular weight is 1400 g/mol. The quantitative estimate of drug-likeness (QED) is 0.0172. The van der Waals surface area contributed by atoms with Crippen LogP contribution in [0.25, 0.3) is 0 Å². The molecule has 2 amide bonds. The lowest BCUT2D eigenvalue weighted by molar-refractivity contribution is -0.136. The summed E-state index contributed by atoms with van der Waals surface area (Å²) in [5.41, 5.74) is 0. The Morgan fingerprint density at radius 1 is 0.347 bits per heavy atom. The fraction of sp³-hybridized carbons (Fsp3) is 0.915. The minimum absolute atomic E-state index is 0. The van der Waals surface area contributed by atoms with E-state index in [-0.39, 0.29) is 106 Å². The predicted molar refractivity (Wildman–Crippen MR) is 429 cm³/mol. The van der Waals surface area contributed by atoms with Crippen LogP contribution in [0.5, 0.6) is 0 Å². The fourth-order valence-corrected chi connectivity index (χ4v) is 9.38. The zero-order valence-electron chi connectivity index (χ0n) is 68.1. The molecule has 0 rings (SSSR count). The Morgan fingerprint density at radius 3 is 1.11 bits per heavy atom. The van der Waals surface area contributed by atoms with Gasteiger partial charge in [-0.2, -0.15) is 0 Å². The molecular weight excluding hydrogens is 1220 g/mol. The number of carbonyl (C=O) groups is 7. The zero-order valence-corrected chi connectivity index (χ0v) is 68.1. The average Bonchev–Trinajstić information content (AvgIpc) is 1.03. The van der Waals surface area contributed by atoms with Crippen molar-refractivity contribution in [1.82, 2.24) is 47.0 Å². The second-order valence-electron chi connectivity index (χ2n) is 32.2. The van der Waals surface area contributed by atoms with E-state index >= 15 is 0 Å². The molecule has 0 aliphatic carbocycles. The van der Waals surface area contributed by atoms with Gasteiger partial charge < -0.3 is 42.1 Å². The molecule has 16 nitrogen and oxygen atoms in total.